The van der Waals surface area contributed by atoms with Crippen molar-refractivity contribution in [3.8, 4) is 0 Å². The molecular formula is C7H16OSi. The Hall–Kier alpha value is 0.177. The third-order valence-electron chi connectivity index (χ3n) is 1.93. The molecule has 9 heavy (non-hydrogen) atoms. The molecule has 1 fully saturated rings. The van der Waals surface area contributed by atoms with E-state index in [9.17, 15) is 0 Å². The van der Waals surface area contributed by atoms with Crippen molar-refractivity contribution >= 4 is 9.04 Å². The van der Waals surface area contributed by atoms with Crippen molar-refractivity contribution in [3.05, 3.63) is 0 Å². The standard InChI is InChI=1S/C7H16OSi/c1-7(5-4-6-7)8-9(2)3/h9H,4-6H2,1-3H3. The molecule has 0 unspecified atom stereocenters. The average molecular weight is 144 g/mol. The molecule has 0 aliphatic heterocycles. The zero-order valence-corrected chi connectivity index (χ0v) is 7.76. The normalized spacial score (nSPS) is 24.0. The lowest BCUT2D eigenvalue weighted by Gasteiger charge is -2.40. The van der Waals surface area contributed by atoms with E-state index in [1.54, 1.807) is 0 Å². The molecule has 0 aromatic rings. The van der Waals surface area contributed by atoms with E-state index >= 15 is 0 Å². The van der Waals surface area contributed by atoms with Crippen LogP contribution in [-0.4, -0.2) is 14.6 Å². The summed E-state index contributed by atoms with van der Waals surface area (Å²) in [6.45, 7) is 6.72. The molecule has 0 atom stereocenters. The Balaban J connectivity index is 2.24. The predicted octanol–water partition coefficient (Wildman–Crippen LogP) is 1.93. The van der Waals surface area contributed by atoms with Crippen molar-refractivity contribution in [1.29, 1.82) is 0 Å². The van der Waals surface area contributed by atoms with Crippen LogP contribution in [0.15, 0.2) is 0 Å². The van der Waals surface area contributed by atoms with E-state index in [-0.39, 0.29) is 0 Å². The van der Waals surface area contributed by atoms with E-state index in [0.717, 1.165) is 0 Å². The van der Waals surface area contributed by atoms with Gasteiger partial charge in [-0.15, -0.1) is 0 Å². The number of rotatable bonds is 2. The molecule has 0 saturated heterocycles. The molecule has 0 spiro atoms. The van der Waals surface area contributed by atoms with E-state index in [4.69, 9.17) is 4.43 Å². The minimum atomic E-state index is -0.762. The molecule has 0 bridgehead atoms. The van der Waals surface area contributed by atoms with Gasteiger partial charge >= 0.3 is 0 Å². The van der Waals surface area contributed by atoms with Gasteiger partial charge in [0.2, 0.25) is 0 Å². The summed E-state index contributed by atoms with van der Waals surface area (Å²) >= 11 is 0. The van der Waals surface area contributed by atoms with Gasteiger partial charge < -0.3 is 4.43 Å². The van der Waals surface area contributed by atoms with E-state index in [2.05, 4.69) is 20.0 Å². The Morgan fingerprint density at radius 1 is 1.33 bits per heavy atom. The zero-order chi connectivity index (χ0) is 6.91. The Kier molecular flexibility index (Phi) is 1.96. The lowest BCUT2D eigenvalue weighted by atomic mass is 9.82. The molecule has 0 heterocycles. The van der Waals surface area contributed by atoms with Crippen LogP contribution in [0.5, 0.6) is 0 Å². The Morgan fingerprint density at radius 2 is 1.89 bits per heavy atom. The third-order valence-corrected chi connectivity index (χ3v) is 2.97. The summed E-state index contributed by atoms with van der Waals surface area (Å²) in [7, 11) is -0.762. The smallest absolute Gasteiger partial charge is 0.171 e. The molecule has 0 radical (unpaired) electrons. The van der Waals surface area contributed by atoms with Crippen molar-refractivity contribution < 1.29 is 4.43 Å². The maximum atomic E-state index is 5.81. The van der Waals surface area contributed by atoms with Gasteiger partial charge in [-0.3, -0.25) is 0 Å². The fourth-order valence-electron chi connectivity index (χ4n) is 1.36. The molecule has 0 aromatic carbocycles. The maximum Gasteiger partial charge on any atom is 0.171 e. The Bertz CT molecular complexity index is 97.1. The lowest BCUT2D eigenvalue weighted by molar-refractivity contribution is 0.00976. The van der Waals surface area contributed by atoms with E-state index in [0.29, 0.717) is 5.60 Å². The molecule has 1 rings (SSSR count). The summed E-state index contributed by atoms with van der Waals surface area (Å²) in [5.41, 5.74) is 0.306. The molecular weight excluding hydrogens is 128 g/mol. The number of hydrogen-bond donors (Lipinski definition) is 0. The van der Waals surface area contributed by atoms with Crippen molar-refractivity contribution in [2.45, 2.75) is 44.9 Å². The van der Waals surface area contributed by atoms with Crippen molar-refractivity contribution in [3.63, 3.8) is 0 Å². The quantitative estimate of drug-likeness (QED) is 0.538. The molecule has 0 N–H and O–H groups in total. The van der Waals surface area contributed by atoms with Crippen LogP contribution in [0.4, 0.5) is 0 Å². The van der Waals surface area contributed by atoms with Crippen LogP contribution in [0, 0.1) is 0 Å². The Labute approximate surface area is 59.1 Å². The highest BCUT2D eigenvalue weighted by Gasteiger charge is 2.32. The van der Waals surface area contributed by atoms with Gasteiger partial charge in [0.1, 0.15) is 0 Å². The second kappa shape index (κ2) is 2.43. The highest BCUT2D eigenvalue weighted by Crippen LogP contribution is 2.35. The SMILES string of the molecule is C[SiH](C)OC1(C)CCC1. The van der Waals surface area contributed by atoms with Crippen LogP contribution in [0.2, 0.25) is 13.1 Å². The molecule has 1 nitrogen and oxygen atoms in total. The van der Waals surface area contributed by atoms with Gasteiger partial charge in [0.05, 0.1) is 5.60 Å². The molecule has 0 aromatic heterocycles. The first-order valence-corrected chi connectivity index (χ1v) is 6.58. The highest BCUT2D eigenvalue weighted by molar-refractivity contribution is 6.48. The van der Waals surface area contributed by atoms with Crippen molar-refractivity contribution in [1.82, 2.24) is 0 Å². The van der Waals surface area contributed by atoms with Gasteiger partial charge in [-0.1, -0.05) is 0 Å². The fraction of sp³-hybridized carbons (Fsp3) is 1.00. The summed E-state index contributed by atoms with van der Waals surface area (Å²) in [6.07, 6.45) is 3.95. The minimum absolute atomic E-state index is 0.306. The summed E-state index contributed by atoms with van der Waals surface area (Å²) in [5, 5.41) is 0. The zero-order valence-electron chi connectivity index (χ0n) is 6.61. The van der Waals surface area contributed by atoms with Crippen LogP contribution in [0.3, 0.4) is 0 Å². The fourth-order valence-corrected chi connectivity index (χ4v) is 2.74. The first-order valence-electron chi connectivity index (χ1n) is 3.80. The van der Waals surface area contributed by atoms with Gasteiger partial charge in [0.25, 0.3) is 0 Å². The van der Waals surface area contributed by atoms with Crippen LogP contribution in [0.25, 0.3) is 0 Å². The van der Waals surface area contributed by atoms with Crippen molar-refractivity contribution in [2.24, 2.45) is 0 Å². The van der Waals surface area contributed by atoms with Gasteiger partial charge in [-0.2, -0.15) is 0 Å². The topological polar surface area (TPSA) is 9.23 Å². The van der Waals surface area contributed by atoms with Gasteiger partial charge in [0, 0.05) is 0 Å². The molecule has 1 aliphatic rings. The van der Waals surface area contributed by atoms with Crippen molar-refractivity contribution in [2.75, 3.05) is 0 Å². The highest BCUT2D eigenvalue weighted by atomic mass is 28.3. The van der Waals surface area contributed by atoms with E-state index in [1.165, 1.54) is 19.3 Å². The average Bonchev–Trinajstić information content (AvgIpc) is 1.60. The summed E-state index contributed by atoms with van der Waals surface area (Å²) in [4.78, 5) is 0. The third kappa shape index (κ3) is 1.80. The first-order chi connectivity index (χ1) is 4.12. The second-order valence-corrected chi connectivity index (χ2v) is 5.80. The molecule has 54 valence electrons. The maximum absolute atomic E-state index is 5.81. The van der Waals surface area contributed by atoms with Gasteiger partial charge in [-0.05, 0) is 39.3 Å². The lowest BCUT2D eigenvalue weighted by Crippen LogP contribution is -2.39. The Morgan fingerprint density at radius 3 is 2.00 bits per heavy atom. The summed E-state index contributed by atoms with van der Waals surface area (Å²) in [6, 6.07) is 0. The predicted molar refractivity (Wildman–Crippen MR) is 42.2 cm³/mol. The number of hydrogen-bond acceptors (Lipinski definition) is 1. The van der Waals surface area contributed by atoms with Gasteiger partial charge in [-0.25, -0.2) is 0 Å². The van der Waals surface area contributed by atoms with Crippen LogP contribution in [0.1, 0.15) is 26.2 Å². The molecule has 1 saturated carbocycles. The van der Waals surface area contributed by atoms with Crippen LogP contribution in [-0.2, 0) is 4.43 Å². The molecule has 0 amide bonds. The summed E-state index contributed by atoms with van der Waals surface area (Å²) in [5.74, 6) is 0. The van der Waals surface area contributed by atoms with Gasteiger partial charge in [0.15, 0.2) is 9.04 Å². The van der Waals surface area contributed by atoms with E-state index < -0.39 is 9.04 Å². The minimum Gasteiger partial charge on any atom is -0.415 e. The molecule has 1 aliphatic carbocycles. The summed E-state index contributed by atoms with van der Waals surface area (Å²) < 4.78 is 5.81. The van der Waals surface area contributed by atoms with E-state index in [1.807, 2.05) is 0 Å². The molecule has 2 heteroatoms. The first kappa shape index (κ1) is 7.29. The second-order valence-electron chi connectivity index (χ2n) is 3.47. The monoisotopic (exact) mass is 144 g/mol. The largest absolute Gasteiger partial charge is 0.415 e. The van der Waals surface area contributed by atoms with Crippen LogP contribution >= 0.6 is 0 Å². The van der Waals surface area contributed by atoms with Crippen LogP contribution < -0.4 is 0 Å².